The summed E-state index contributed by atoms with van der Waals surface area (Å²) in [6, 6.07) is 6.34. The summed E-state index contributed by atoms with van der Waals surface area (Å²) in [4.78, 5) is 5.86. The van der Waals surface area contributed by atoms with E-state index in [2.05, 4.69) is 35.8 Å². The lowest BCUT2D eigenvalue weighted by Gasteiger charge is -2.00. The van der Waals surface area contributed by atoms with Crippen molar-refractivity contribution in [3.05, 3.63) is 34.3 Å². The van der Waals surface area contributed by atoms with E-state index < -0.39 is 0 Å². The number of hydrogen-bond acceptors (Lipinski definition) is 4. The molecule has 0 amide bonds. The first-order valence-corrected chi connectivity index (χ1v) is 7.06. The van der Waals surface area contributed by atoms with Gasteiger partial charge in [0.05, 0.1) is 12.3 Å². The van der Waals surface area contributed by atoms with Gasteiger partial charge in [0.2, 0.25) is 0 Å². The van der Waals surface area contributed by atoms with Gasteiger partial charge in [0.15, 0.2) is 0 Å². The topological polar surface area (TPSA) is 22.1 Å². The monoisotopic (exact) mass is 263 g/mol. The van der Waals surface area contributed by atoms with Crippen molar-refractivity contribution < 1.29 is 4.74 Å². The van der Waals surface area contributed by atoms with Crippen molar-refractivity contribution >= 4 is 24.0 Å². The predicted molar refractivity (Wildman–Crippen MR) is 74.2 cm³/mol. The van der Waals surface area contributed by atoms with Gasteiger partial charge in [0, 0.05) is 22.6 Å². The molecule has 88 valence electrons. The number of fused-ring (bicyclic) bond motifs is 1. The van der Waals surface area contributed by atoms with Crippen LogP contribution in [0.5, 0.6) is 5.75 Å². The van der Waals surface area contributed by atoms with Gasteiger partial charge in [-0.25, -0.2) is 4.98 Å². The van der Waals surface area contributed by atoms with Crippen LogP contribution in [0.1, 0.15) is 16.1 Å². The van der Waals surface area contributed by atoms with Gasteiger partial charge < -0.3 is 4.74 Å². The van der Waals surface area contributed by atoms with E-state index in [-0.39, 0.29) is 0 Å². The van der Waals surface area contributed by atoms with Crippen molar-refractivity contribution in [2.75, 3.05) is 6.61 Å². The molecule has 0 aliphatic carbocycles. The van der Waals surface area contributed by atoms with Gasteiger partial charge in [-0.05, 0) is 30.7 Å². The molecule has 0 radical (unpaired) electrons. The zero-order valence-corrected chi connectivity index (χ0v) is 11.3. The molecule has 2 heterocycles. The van der Waals surface area contributed by atoms with Gasteiger partial charge in [0.25, 0.3) is 0 Å². The lowest BCUT2D eigenvalue weighted by Crippen LogP contribution is -1.85. The van der Waals surface area contributed by atoms with Crippen LogP contribution in [0.25, 0.3) is 10.6 Å². The number of thiazole rings is 1. The third-order valence-electron chi connectivity index (χ3n) is 2.97. The maximum Gasteiger partial charge on any atom is 0.123 e. The second-order valence-corrected chi connectivity index (χ2v) is 5.51. The fraction of sp³-hybridized carbons (Fsp3) is 0.308. The van der Waals surface area contributed by atoms with Crippen molar-refractivity contribution in [3.8, 4) is 16.3 Å². The van der Waals surface area contributed by atoms with Crippen LogP contribution in [0.15, 0.2) is 18.2 Å². The second kappa shape index (κ2) is 4.35. The van der Waals surface area contributed by atoms with Crippen LogP contribution in [0.4, 0.5) is 0 Å². The summed E-state index contributed by atoms with van der Waals surface area (Å²) in [6.07, 6.45) is 1.01. The Balaban J connectivity index is 2.03. The molecule has 0 saturated heterocycles. The van der Waals surface area contributed by atoms with Gasteiger partial charge in [-0.3, -0.25) is 0 Å². The van der Waals surface area contributed by atoms with E-state index in [1.165, 1.54) is 16.0 Å². The zero-order chi connectivity index (χ0) is 11.8. The Morgan fingerprint density at radius 1 is 1.47 bits per heavy atom. The Bertz CT molecular complexity index is 563. The number of rotatable bonds is 2. The lowest BCUT2D eigenvalue weighted by atomic mass is 10.1. The van der Waals surface area contributed by atoms with E-state index in [1.807, 2.05) is 6.92 Å². The molecular weight excluding hydrogens is 250 g/mol. The number of thiol groups is 1. The summed E-state index contributed by atoms with van der Waals surface area (Å²) < 4.78 is 5.51. The van der Waals surface area contributed by atoms with Gasteiger partial charge in [-0.2, -0.15) is 12.6 Å². The van der Waals surface area contributed by atoms with Crippen molar-refractivity contribution in [2.45, 2.75) is 19.1 Å². The number of nitrogens with zero attached hydrogens (tertiary/aromatic N) is 1. The molecule has 1 aliphatic heterocycles. The van der Waals surface area contributed by atoms with E-state index in [9.17, 15) is 0 Å². The number of benzene rings is 1. The zero-order valence-electron chi connectivity index (χ0n) is 9.56. The number of aromatic nitrogens is 1. The Hall–Kier alpha value is -1.00. The molecule has 0 atom stereocenters. The summed E-state index contributed by atoms with van der Waals surface area (Å²) in [7, 11) is 0. The van der Waals surface area contributed by atoms with E-state index in [4.69, 9.17) is 4.74 Å². The summed E-state index contributed by atoms with van der Waals surface area (Å²) >= 11 is 6.05. The molecule has 1 aliphatic rings. The minimum Gasteiger partial charge on any atom is -0.493 e. The van der Waals surface area contributed by atoms with Crippen LogP contribution >= 0.6 is 24.0 Å². The number of ether oxygens (including phenoxy) is 1. The highest BCUT2D eigenvalue weighted by Crippen LogP contribution is 2.33. The highest BCUT2D eigenvalue weighted by atomic mass is 32.1. The molecule has 1 aromatic carbocycles. The van der Waals surface area contributed by atoms with Gasteiger partial charge in [-0.1, -0.05) is 0 Å². The molecule has 0 saturated carbocycles. The first-order valence-electron chi connectivity index (χ1n) is 5.61. The maximum absolute atomic E-state index is 5.51. The fourth-order valence-electron chi connectivity index (χ4n) is 2.02. The van der Waals surface area contributed by atoms with Crippen molar-refractivity contribution in [1.29, 1.82) is 0 Å². The third kappa shape index (κ3) is 1.96. The Labute approximate surface area is 110 Å². The largest absolute Gasteiger partial charge is 0.493 e. The maximum atomic E-state index is 5.51. The Morgan fingerprint density at radius 2 is 2.35 bits per heavy atom. The number of hydrogen-bond donors (Lipinski definition) is 1. The normalized spacial score (nSPS) is 13.5. The molecule has 17 heavy (non-hydrogen) atoms. The van der Waals surface area contributed by atoms with Crippen molar-refractivity contribution in [2.24, 2.45) is 0 Å². The minimum absolute atomic E-state index is 0.761. The van der Waals surface area contributed by atoms with E-state index in [0.717, 1.165) is 35.2 Å². The van der Waals surface area contributed by atoms with Crippen LogP contribution < -0.4 is 4.74 Å². The van der Waals surface area contributed by atoms with E-state index in [0.29, 0.717) is 0 Å². The molecule has 0 unspecified atom stereocenters. The average Bonchev–Trinajstić information content (AvgIpc) is 2.93. The molecular formula is C13H13NOS2. The van der Waals surface area contributed by atoms with E-state index >= 15 is 0 Å². The van der Waals surface area contributed by atoms with Crippen molar-refractivity contribution in [3.63, 3.8) is 0 Å². The molecule has 0 bridgehead atoms. The van der Waals surface area contributed by atoms with Crippen LogP contribution in [0.3, 0.4) is 0 Å². The second-order valence-electron chi connectivity index (χ2n) is 4.11. The molecule has 3 rings (SSSR count). The summed E-state index contributed by atoms with van der Waals surface area (Å²) in [6.45, 7) is 2.85. The van der Waals surface area contributed by atoms with Crippen LogP contribution in [0.2, 0.25) is 0 Å². The van der Waals surface area contributed by atoms with Gasteiger partial charge in [0.1, 0.15) is 10.8 Å². The van der Waals surface area contributed by atoms with Gasteiger partial charge >= 0.3 is 0 Å². The SMILES string of the molecule is Cc1nc(-c2ccc3c(c2)CCO3)sc1CS. The quantitative estimate of drug-likeness (QED) is 0.838. The van der Waals surface area contributed by atoms with Crippen LogP contribution in [-0.2, 0) is 12.2 Å². The molecule has 2 nitrogen and oxygen atoms in total. The molecule has 0 N–H and O–H groups in total. The van der Waals surface area contributed by atoms with Crippen LogP contribution in [0, 0.1) is 6.92 Å². The van der Waals surface area contributed by atoms with Crippen molar-refractivity contribution in [1.82, 2.24) is 4.98 Å². The first-order chi connectivity index (χ1) is 8.28. The smallest absolute Gasteiger partial charge is 0.123 e. The Kier molecular flexibility index (Phi) is 2.84. The highest BCUT2D eigenvalue weighted by Gasteiger charge is 2.14. The summed E-state index contributed by atoms with van der Waals surface area (Å²) in [5.74, 6) is 1.79. The molecule has 0 fully saturated rings. The standard InChI is InChI=1S/C13H13NOS2/c1-8-12(7-16)17-13(14-8)10-2-3-11-9(6-10)4-5-15-11/h2-3,6,16H,4-5,7H2,1H3. The first kappa shape index (κ1) is 11.1. The van der Waals surface area contributed by atoms with Gasteiger partial charge in [-0.15, -0.1) is 11.3 Å². The molecule has 1 aromatic heterocycles. The highest BCUT2D eigenvalue weighted by molar-refractivity contribution is 7.79. The third-order valence-corrected chi connectivity index (χ3v) is 4.71. The average molecular weight is 263 g/mol. The number of aryl methyl sites for hydroxylation is 1. The molecule has 2 aromatic rings. The predicted octanol–water partition coefficient (Wildman–Crippen LogP) is 3.48. The summed E-state index contributed by atoms with van der Waals surface area (Å²) in [5.41, 5.74) is 3.58. The fourth-order valence-corrected chi connectivity index (χ4v) is 3.36. The Morgan fingerprint density at radius 3 is 3.12 bits per heavy atom. The molecule has 4 heteroatoms. The molecule has 0 spiro atoms. The summed E-state index contributed by atoms with van der Waals surface area (Å²) in [5, 5.41) is 1.08. The lowest BCUT2D eigenvalue weighted by molar-refractivity contribution is 0.357. The minimum atomic E-state index is 0.761. The van der Waals surface area contributed by atoms with Crippen LogP contribution in [-0.4, -0.2) is 11.6 Å². The van der Waals surface area contributed by atoms with E-state index in [1.54, 1.807) is 11.3 Å².